The van der Waals surface area contributed by atoms with Gasteiger partial charge in [-0.05, 0) is 36.4 Å². The van der Waals surface area contributed by atoms with Gasteiger partial charge in [-0.3, -0.25) is 0 Å². The third-order valence-electron chi connectivity index (χ3n) is 2.07. The highest BCUT2D eigenvalue weighted by Gasteiger charge is 2.30. The van der Waals surface area contributed by atoms with E-state index in [2.05, 4.69) is 6.07 Å². The van der Waals surface area contributed by atoms with Gasteiger partial charge in [0.25, 0.3) is 0 Å². The second kappa shape index (κ2) is 4.49. The lowest BCUT2D eigenvalue weighted by Gasteiger charge is -2.09. The minimum absolute atomic E-state index is 0.117. The maximum atomic E-state index is 12.4. The van der Waals surface area contributed by atoms with Crippen LogP contribution in [-0.2, 0) is 6.18 Å². The highest BCUT2D eigenvalue weighted by molar-refractivity contribution is 5.34. The van der Waals surface area contributed by atoms with Gasteiger partial charge in [-0.15, -0.1) is 0 Å². The average Bonchev–Trinajstić information content (AvgIpc) is 2.29. The van der Waals surface area contributed by atoms with Gasteiger partial charge >= 0.3 is 6.18 Å². The van der Waals surface area contributed by atoms with Crippen molar-refractivity contribution in [2.75, 3.05) is 0 Å². The second-order valence-electron chi connectivity index (χ2n) is 3.37. The predicted octanol–water partition coefficient (Wildman–Crippen LogP) is 4.30. The summed E-state index contributed by atoms with van der Waals surface area (Å²) in [5.41, 5.74) is -0.772. The molecule has 0 aliphatic rings. The van der Waals surface area contributed by atoms with Crippen molar-refractivity contribution < 1.29 is 17.9 Å². The van der Waals surface area contributed by atoms with E-state index >= 15 is 0 Å². The van der Waals surface area contributed by atoms with Crippen molar-refractivity contribution in [3.63, 3.8) is 0 Å². The lowest BCUT2D eigenvalue weighted by molar-refractivity contribution is -0.137. The number of hydrogen-bond acceptors (Lipinski definition) is 1. The Kier molecular flexibility index (Phi) is 3.04. The number of hydrogen-bond donors (Lipinski definition) is 0. The fraction of sp³-hybridized carbons (Fsp3) is 0.0769. The number of alkyl halides is 3. The van der Waals surface area contributed by atoms with Gasteiger partial charge in [0.1, 0.15) is 11.5 Å². The van der Waals surface area contributed by atoms with Crippen LogP contribution in [0, 0.1) is 6.07 Å². The van der Waals surface area contributed by atoms with Gasteiger partial charge in [0.2, 0.25) is 0 Å². The highest BCUT2D eigenvalue weighted by atomic mass is 19.4. The van der Waals surface area contributed by atoms with Gasteiger partial charge in [-0.25, -0.2) is 0 Å². The van der Waals surface area contributed by atoms with Crippen LogP contribution in [0.2, 0.25) is 0 Å². The van der Waals surface area contributed by atoms with Gasteiger partial charge < -0.3 is 4.74 Å². The lowest BCUT2D eigenvalue weighted by Crippen LogP contribution is -2.04. The molecule has 0 saturated carbocycles. The molecular weight excluding hydrogens is 229 g/mol. The average molecular weight is 237 g/mol. The molecule has 2 rings (SSSR count). The lowest BCUT2D eigenvalue weighted by atomic mass is 10.2. The molecule has 2 aromatic rings. The molecule has 0 unspecified atom stereocenters. The fourth-order valence-electron chi connectivity index (χ4n) is 1.30. The molecule has 1 radical (unpaired) electrons. The first-order valence-electron chi connectivity index (χ1n) is 4.87. The van der Waals surface area contributed by atoms with Gasteiger partial charge in [-0.1, -0.05) is 18.2 Å². The van der Waals surface area contributed by atoms with Crippen LogP contribution in [0.5, 0.6) is 11.5 Å². The van der Waals surface area contributed by atoms with E-state index in [1.807, 2.05) is 0 Å². The second-order valence-corrected chi connectivity index (χ2v) is 3.37. The quantitative estimate of drug-likeness (QED) is 0.756. The standard InChI is InChI=1S/C13H8F3O/c14-13(15,16)10-5-4-8-12(9-10)17-11-6-2-1-3-7-11/h1-3,5-9H. The molecule has 0 fully saturated rings. The Morgan fingerprint density at radius 3 is 2.29 bits per heavy atom. The minimum atomic E-state index is -4.38. The highest BCUT2D eigenvalue weighted by Crippen LogP contribution is 2.32. The van der Waals surface area contributed by atoms with Crippen LogP contribution in [0.4, 0.5) is 13.2 Å². The van der Waals surface area contributed by atoms with E-state index in [1.165, 1.54) is 6.07 Å². The topological polar surface area (TPSA) is 9.23 Å². The van der Waals surface area contributed by atoms with Gasteiger partial charge in [0, 0.05) is 0 Å². The summed E-state index contributed by atoms with van der Waals surface area (Å²) in [6, 6.07) is 14.2. The molecule has 0 bridgehead atoms. The summed E-state index contributed by atoms with van der Waals surface area (Å²) >= 11 is 0. The van der Waals surface area contributed by atoms with Crippen LogP contribution in [0.3, 0.4) is 0 Å². The molecule has 0 amide bonds. The van der Waals surface area contributed by atoms with Gasteiger partial charge in [-0.2, -0.15) is 13.2 Å². The summed E-state index contributed by atoms with van der Waals surface area (Å²) in [6.07, 6.45) is -4.38. The smallest absolute Gasteiger partial charge is 0.416 e. The normalized spacial score (nSPS) is 11.2. The van der Waals surface area contributed by atoms with Crippen LogP contribution in [0.25, 0.3) is 0 Å². The summed E-state index contributed by atoms with van der Waals surface area (Å²) < 4.78 is 42.6. The number of para-hydroxylation sites is 1. The van der Waals surface area contributed by atoms with Gasteiger partial charge in [0.15, 0.2) is 0 Å². The number of benzene rings is 2. The Hall–Kier alpha value is -1.97. The molecule has 0 spiro atoms. The number of halogens is 3. The minimum Gasteiger partial charge on any atom is -0.457 e. The molecule has 0 aromatic heterocycles. The Balaban J connectivity index is 2.23. The van der Waals surface area contributed by atoms with Crippen LogP contribution in [0.15, 0.2) is 48.5 Å². The van der Waals surface area contributed by atoms with Crippen LogP contribution < -0.4 is 4.74 Å². The largest absolute Gasteiger partial charge is 0.457 e. The van der Waals surface area contributed by atoms with E-state index in [0.717, 1.165) is 12.1 Å². The molecule has 17 heavy (non-hydrogen) atoms. The molecule has 0 N–H and O–H groups in total. The third-order valence-corrected chi connectivity index (χ3v) is 2.07. The van der Waals surface area contributed by atoms with Gasteiger partial charge in [0.05, 0.1) is 5.56 Å². The monoisotopic (exact) mass is 237 g/mol. The van der Waals surface area contributed by atoms with Crippen molar-refractivity contribution >= 4 is 0 Å². The molecule has 0 saturated heterocycles. The first-order chi connectivity index (χ1) is 8.05. The Morgan fingerprint density at radius 2 is 1.65 bits per heavy atom. The SMILES string of the molecule is FC(F)(F)c1c[c]cc(Oc2ccccc2)c1. The van der Waals surface area contributed by atoms with E-state index in [4.69, 9.17) is 4.74 Å². The molecule has 0 aliphatic heterocycles. The van der Waals surface area contributed by atoms with Crippen molar-refractivity contribution in [2.24, 2.45) is 0 Å². The number of rotatable bonds is 2. The zero-order valence-electron chi connectivity index (χ0n) is 8.66. The van der Waals surface area contributed by atoms with Crippen LogP contribution in [-0.4, -0.2) is 0 Å². The summed E-state index contributed by atoms with van der Waals surface area (Å²) in [4.78, 5) is 0. The van der Waals surface area contributed by atoms with E-state index in [-0.39, 0.29) is 5.75 Å². The first kappa shape index (κ1) is 11.5. The molecule has 0 heterocycles. The summed E-state index contributed by atoms with van der Waals surface area (Å²) in [6.45, 7) is 0. The molecule has 1 nitrogen and oxygen atoms in total. The predicted molar refractivity (Wildman–Crippen MR) is 56.8 cm³/mol. The van der Waals surface area contributed by atoms with E-state index in [9.17, 15) is 13.2 Å². The first-order valence-corrected chi connectivity index (χ1v) is 4.87. The van der Waals surface area contributed by atoms with Crippen molar-refractivity contribution in [3.05, 3.63) is 60.2 Å². The molecular formula is C13H8F3O. The molecule has 2 aromatic carbocycles. The third kappa shape index (κ3) is 3.00. The Labute approximate surface area is 96.5 Å². The van der Waals surface area contributed by atoms with E-state index in [1.54, 1.807) is 30.3 Å². The molecule has 87 valence electrons. The van der Waals surface area contributed by atoms with E-state index in [0.29, 0.717) is 5.75 Å². The van der Waals surface area contributed by atoms with Crippen molar-refractivity contribution in [3.8, 4) is 11.5 Å². The summed E-state index contributed by atoms with van der Waals surface area (Å²) in [7, 11) is 0. The fourth-order valence-corrected chi connectivity index (χ4v) is 1.30. The maximum Gasteiger partial charge on any atom is 0.416 e. The summed E-state index contributed by atoms with van der Waals surface area (Å²) in [5, 5.41) is 0. The van der Waals surface area contributed by atoms with E-state index < -0.39 is 11.7 Å². The van der Waals surface area contributed by atoms with Crippen molar-refractivity contribution in [1.82, 2.24) is 0 Å². The maximum absolute atomic E-state index is 12.4. The molecule has 0 aliphatic carbocycles. The van der Waals surface area contributed by atoms with Crippen molar-refractivity contribution in [2.45, 2.75) is 6.18 Å². The number of ether oxygens (including phenoxy) is 1. The Morgan fingerprint density at radius 1 is 0.941 bits per heavy atom. The molecule has 4 heteroatoms. The zero-order chi connectivity index (χ0) is 12.3. The van der Waals surface area contributed by atoms with Crippen molar-refractivity contribution in [1.29, 1.82) is 0 Å². The molecule has 0 atom stereocenters. The summed E-state index contributed by atoms with van der Waals surface area (Å²) in [5.74, 6) is 0.603. The zero-order valence-corrected chi connectivity index (χ0v) is 8.66. The van der Waals surface area contributed by atoms with Crippen LogP contribution in [0.1, 0.15) is 5.56 Å². The van der Waals surface area contributed by atoms with Crippen LogP contribution >= 0.6 is 0 Å². The Bertz CT molecular complexity index is 492.